The predicted molar refractivity (Wildman–Crippen MR) is 68.4 cm³/mol. The van der Waals surface area contributed by atoms with Crippen LogP contribution in [-0.2, 0) is 0 Å². The number of pyridine rings is 1. The largest absolute Gasteiger partial charge is 0.398 e. The predicted octanol–water partition coefficient (Wildman–Crippen LogP) is 2.65. The fourth-order valence-electron chi connectivity index (χ4n) is 1.91. The zero-order chi connectivity index (χ0) is 12.7. The van der Waals surface area contributed by atoms with Crippen molar-refractivity contribution < 1.29 is 4.39 Å². The molecular weight excluding hydrogens is 231 g/mol. The summed E-state index contributed by atoms with van der Waals surface area (Å²) in [7, 11) is 0. The molecule has 3 rings (SSSR count). The highest BCUT2D eigenvalue weighted by Gasteiger charge is 2.13. The number of benzene rings is 1. The Morgan fingerprint density at radius 3 is 2.94 bits per heavy atom. The topological polar surface area (TPSA) is 67.6 Å². The van der Waals surface area contributed by atoms with E-state index in [4.69, 9.17) is 5.73 Å². The zero-order valence-corrected chi connectivity index (χ0v) is 9.74. The molecule has 0 aliphatic heterocycles. The number of halogens is 1. The number of nitrogens with two attached hydrogens (primary N) is 1. The van der Waals surface area contributed by atoms with E-state index in [0.717, 1.165) is 11.1 Å². The molecule has 0 aliphatic rings. The Morgan fingerprint density at radius 1 is 1.33 bits per heavy atom. The minimum atomic E-state index is -0.397. The smallest absolute Gasteiger partial charge is 0.178 e. The summed E-state index contributed by atoms with van der Waals surface area (Å²) in [6.45, 7) is 1.93. The number of nitrogens with one attached hydrogen (secondary N) is 1. The fourth-order valence-corrected chi connectivity index (χ4v) is 1.91. The summed E-state index contributed by atoms with van der Waals surface area (Å²) in [5.41, 5.74) is 8.76. The zero-order valence-electron chi connectivity index (χ0n) is 9.74. The van der Waals surface area contributed by atoms with Gasteiger partial charge in [0.1, 0.15) is 11.6 Å². The number of aryl methyl sites for hydroxylation is 1. The van der Waals surface area contributed by atoms with Gasteiger partial charge in [-0.2, -0.15) is 0 Å². The highest BCUT2D eigenvalue weighted by atomic mass is 19.1. The van der Waals surface area contributed by atoms with Crippen molar-refractivity contribution in [1.29, 1.82) is 0 Å². The van der Waals surface area contributed by atoms with E-state index in [2.05, 4.69) is 15.0 Å². The summed E-state index contributed by atoms with van der Waals surface area (Å²) in [4.78, 5) is 11.5. The van der Waals surface area contributed by atoms with Gasteiger partial charge in [0.2, 0.25) is 0 Å². The molecule has 0 unspecified atom stereocenters. The Morgan fingerprint density at radius 2 is 2.17 bits per heavy atom. The molecule has 3 N–H and O–H groups in total. The maximum Gasteiger partial charge on any atom is 0.178 e. The van der Waals surface area contributed by atoms with Crippen molar-refractivity contribution in [2.45, 2.75) is 6.92 Å². The van der Waals surface area contributed by atoms with Gasteiger partial charge in [-0.1, -0.05) is 6.07 Å². The van der Waals surface area contributed by atoms with Crippen LogP contribution in [0.1, 0.15) is 5.56 Å². The molecule has 0 amide bonds. The summed E-state index contributed by atoms with van der Waals surface area (Å²) < 4.78 is 13.8. The van der Waals surface area contributed by atoms with Crippen molar-refractivity contribution in [3.63, 3.8) is 0 Å². The minimum Gasteiger partial charge on any atom is -0.398 e. The quantitative estimate of drug-likeness (QED) is 0.644. The van der Waals surface area contributed by atoms with E-state index in [0.29, 0.717) is 17.2 Å². The lowest BCUT2D eigenvalue weighted by Gasteiger charge is -2.02. The highest BCUT2D eigenvalue weighted by molar-refractivity contribution is 5.80. The molecule has 0 atom stereocenters. The molecule has 0 fully saturated rings. The lowest BCUT2D eigenvalue weighted by atomic mass is 10.1. The van der Waals surface area contributed by atoms with Gasteiger partial charge >= 0.3 is 0 Å². The molecule has 1 aromatic carbocycles. The second kappa shape index (κ2) is 3.80. The monoisotopic (exact) mass is 242 g/mol. The molecule has 0 bridgehead atoms. The number of H-pyrrole nitrogens is 1. The third kappa shape index (κ3) is 1.60. The van der Waals surface area contributed by atoms with E-state index in [1.165, 1.54) is 6.07 Å². The Bertz CT molecular complexity index is 713. The Hall–Kier alpha value is -2.43. The molecule has 4 nitrogen and oxygen atoms in total. The number of aromatic amines is 1. The molecule has 0 radical (unpaired) electrons. The van der Waals surface area contributed by atoms with Gasteiger partial charge in [-0.15, -0.1) is 0 Å². The third-order valence-electron chi connectivity index (χ3n) is 2.76. The van der Waals surface area contributed by atoms with E-state index >= 15 is 0 Å². The van der Waals surface area contributed by atoms with Crippen LogP contribution < -0.4 is 5.73 Å². The van der Waals surface area contributed by atoms with Crippen LogP contribution >= 0.6 is 0 Å². The highest BCUT2D eigenvalue weighted by Crippen LogP contribution is 2.27. The van der Waals surface area contributed by atoms with Crippen molar-refractivity contribution in [3.05, 3.63) is 41.8 Å². The SMILES string of the molecule is Cc1cnc2nc(-c3c(N)cccc3F)[nH]c2c1. The Labute approximate surface area is 103 Å². The van der Waals surface area contributed by atoms with E-state index < -0.39 is 5.82 Å². The van der Waals surface area contributed by atoms with Crippen LogP contribution in [0, 0.1) is 12.7 Å². The number of aromatic nitrogens is 3. The fraction of sp³-hybridized carbons (Fsp3) is 0.0769. The van der Waals surface area contributed by atoms with Gasteiger partial charge in [0.25, 0.3) is 0 Å². The molecule has 0 aliphatic carbocycles. The van der Waals surface area contributed by atoms with Crippen molar-refractivity contribution in [2.75, 3.05) is 5.73 Å². The second-order valence-corrected chi connectivity index (χ2v) is 4.17. The van der Waals surface area contributed by atoms with Crippen molar-refractivity contribution in [2.24, 2.45) is 0 Å². The first-order valence-electron chi connectivity index (χ1n) is 5.52. The molecule has 0 saturated carbocycles. The Kier molecular flexibility index (Phi) is 2.26. The van der Waals surface area contributed by atoms with Crippen LogP contribution in [0.3, 0.4) is 0 Å². The van der Waals surface area contributed by atoms with E-state index in [1.54, 1.807) is 18.3 Å². The number of nitrogens with zero attached hydrogens (tertiary/aromatic N) is 2. The maximum absolute atomic E-state index is 13.8. The van der Waals surface area contributed by atoms with Crippen LogP contribution in [-0.4, -0.2) is 15.0 Å². The average Bonchev–Trinajstić information content (AvgIpc) is 2.71. The van der Waals surface area contributed by atoms with Gasteiger partial charge in [-0.3, -0.25) is 0 Å². The number of anilines is 1. The molecule has 5 heteroatoms. The average molecular weight is 242 g/mol. The molecule has 0 saturated heterocycles. The Balaban J connectivity index is 2.26. The first-order chi connectivity index (χ1) is 8.65. The lowest BCUT2D eigenvalue weighted by molar-refractivity contribution is 0.631. The standard InChI is InChI=1S/C13H11FN4/c1-7-5-10-12(16-6-7)18-13(17-10)11-8(14)3-2-4-9(11)15/h2-6H,15H2,1H3,(H,16,17,18). The van der Waals surface area contributed by atoms with Crippen LogP contribution in [0.4, 0.5) is 10.1 Å². The summed E-state index contributed by atoms with van der Waals surface area (Å²) >= 11 is 0. The number of nitrogen functional groups attached to an aromatic ring is 1. The molecule has 2 heterocycles. The van der Waals surface area contributed by atoms with E-state index in [9.17, 15) is 4.39 Å². The van der Waals surface area contributed by atoms with E-state index in [-0.39, 0.29) is 5.56 Å². The van der Waals surface area contributed by atoms with Crippen molar-refractivity contribution in [3.8, 4) is 11.4 Å². The second-order valence-electron chi connectivity index (χ2n) is 4.17. The van der Waals surface area contributed by atoms with Crippen LogP contribution in [0.25, 0.3) is 22.6 Å². The first-order valence-corrected chi connectivity index (χ1v) is 5.52. The molecule has 18 heavy (non-hydrogen) atoms. The number of imidazole rings is 1. The van der Waals surface area contributed by atoms with Crippen LogP contribution in [0.2, 0.25) is 0 Å². The minimum absolute atomic E-state index is 0.285. The van der Waals surface area contributed by atoms with Crippen LogP contribution in [0.5, 0.6) is 0 Å². The van der Waals surface area contributed by atoms with Gasteiger partial charge in [-0.05, 0) is 30.7 Å². The summed E-state index contributed by atoms with van der Waals surface area (Å²) in [6.07, 6.45) is 1.72. The number of rotatable bonds is 1. The molecule has 3 aromatic rings. The number of hydrogen-bond donors (Lipinski definition) is 2. The van der Waals surface area contributed by atoms with Crippen molar-refractivity contribution in [1.82, 2.24) is 15.0 Å². The van der Waals surface area contributed by atoms with Gasteiger partial charge in [0.15, 0.2) is 5.65 Å². The van der Waals surface area contributed by atoms with Gasteiger partial charge in [0.05, 0.1) is 11.1 Å². The summed E-state index contributed by atoms with van der Waals surface area (Å²) in [5.74, 6) is 0.00415. The summed E-state index contributed by atoms with van der Waals surface area (Å²) in [6, 6.07) is 6.48. The molecule has 2 aromatic heterocycles. The molecular formula is C13H11FN4. The summed E-state index contributed by atoms with van der Waals surface area (Å²) in [5, 5.41) is 0. The number of hydrogen-bond acceptors (Lipinski definition) is 3. The van der Waals surface area contributed by atoms with Gasteiger partial charge in [-0.25, -0.2) is 14.4 Å². The first kappa shape index (κ1) is 10.7. The third-order valence-corrected chi connectivity index (χ3v) is 2.76. The number of fused-ring (bicyclic) bond motifs is 1. The molecule has 90 valence electrons. The van der Waals surface area contributed by atoms with Crippen LogP contribution in [0.15, 0.2) is 30.5 Å². The van der Waals surface area contributed by atoms with Gasteiger partial charge in [0, 0.05) is 11.9 Å². The van der Waals surface area contributed by atoms with Crippen molar-refractivity contribution >= 4 is 16.9 Å². The van der Waals surface area contributed by atoms with Gasteiger partial charge < -0.3 is 10.7 Å². The lowest BCUT2D eigenvalue weighted by Crippen LogP contribution is -1.94. The maximum atomic E-state index is 13.8. The normalized spacial score (nSPS) is 11.0. The van der Waals surface area contributed by atoms with E-state index in [1.807, 2.05) is 13.0 Å². The molecule has 0 spiro atoms.